The van der Waals surface area contributed by atoms with Gasteiger partial charge in [0.1, 0.15) is 0 Å². The molecule has 3 heteroatoms. The molecule has 0 amide bonds. The Morgan fingerprint density at radius 3 is 2.80 bits per heavy atom. The van der Waals surface area contributed by atoms with E-state index >= 15 is 0 Å². The fourth-order valence-electron chi connectivity index (χ4n) is 1.27. The van der Waals surface area contributed by atoms with Crippen molar-refractivity contribution in [1.82, 2.24) is 0 Å². The third-order valence-electron chi connectivity index (χ3n) is 2.06. The van der Waals surface area contributed by atoms with Gasteiger partial charge in [-0.15, -0.1) is 11.8 Å². The zero-order valence-electron chi connectivity index (χ0n) is 8.43. The number of aliphatic hydroxyl groups excluding tert-OH is 1. The Labute approximate surface area is 100 Å². The van der Waals surface area contributed by atoms with E-state index in [1.54, 1.807) is 25.1 Å². The molecule has 0 saturated carbocycles. The van der Waals surface area contributed by atoms with E-state index < -0.39 is 6.10 Å². The van der Waals surface area contributed by atoms with Crippen molar-refractivity contribution in [3.63, 3.8) is 0 Å². The first-order chi connectivity index (χ1) is 7.16. The zero-order chi connectivity index (χ0) is 11.3. The summed E-state index contributed by atoms with van der Waals surface area (Å²) < 4.78 is 0. The van der Waals surface area contributed by atoms with E-state index in [2.05, 4.69) is 11.8 Å². The van der Waals surface area contributed by atoms with Gasteiger partial charge >= 0.3 is 0 Å². The van der Waals surface area contributed by atoms with Gasteiger partial charge in [-0.2, -0.15) is 0 Å². The Kier molecular flexibility index (Phi) is 4.98. The van der Waals surface area contributed by atoms with Crippen LogP contribution in [0.15, 0.2) is 18.2 Å². The Bertz CT molecular complexity index is 390. The lowest BCUT2D eigenvalue weighted by Crippen LogP contribution is -1.98. The maximum absolute atomic E-state index is 9.84. The van der Waals surface area contributed by atoms with Crippen LogP contribution in [0.4, 0.5) is 0 Å². The van der Waals surface area contributed by atoms with Gasteiger partial charge in [0, 0.05) is 12.0 Å². The SMILES string of the molecule is CC#CCCC(O)c1cccc(Cl)c1Cl. The van der Waals surface area contributed by atoms with Gasteiger partial charge in [-0.3, -0.25) is 0 Å². The molecule has 15 heavy (non-hydrogen) atoms. The molecular weight excluding hydrogens is 231 g/mol. The number of hydrogen-bond acceptors (Lipinski definition) is 1. The summed E-state index contributed by atoms with van der Waals surface area (Å²) in [5, 5.41) is 10.7. The summed E-state index contributed by atoms with van der Waals surface area (Å²) in [7, 11) is 0. The van der Waals surface area contributed by atoms with E-state index in [-0.39, 0.29) is 0 Å². The standard InChI is InChI=1S/C12H12Cl2O/c1-2-3-4-8-11(15)9-6-5-7-10(13)12(9)14/h5-7,11,15H,4,8H2,1H3. The van der Waals surface area contributed by atoms with Crippen LogP contribution in [0.5, 0.6) is 0 Å². The largest absolute Gasteiger partial charge is 0.388 e. The van der Waals surface area contributed by atoms with Crippen molar-refractivity contribution in [3.8, 4) is 11.8 Å². The van der Waals surface area contributed by atoms with Crippen LogP contribution >= 0.6 is 23.2 Å². The molecule has 1 unspecified atom stereocenters. The van der Waals surface area contributed by atoms with Crippen molar-refractivity contribution in [2.75, 3.05) is 0 Å². The van der Waals surface area contributed by atoms with Crippen molar-refractivity contribution in [2.45, 2.75) is 25.9 Å². The van der Waals surface area contributed by atoms with Crippen molar-refractivity contribution < 1.29 is 5.11 Å². The van der Waals surface area contributed by atoms with E-state index in [1.807, 2.05) is 0 Å². The third kappa shape index (κ3) is 3.43. The summed E-state index contributed by atoms with van der Waals surface area (Å²) in [6, 6.07) is 5.25. The Balaban J connectivity index is 2.76. The molecule has 0 aliphatic heterocycles. The molecule has 0 heterocycles. The highest BCUT2D eigenvalue weighted by Gasteiger charge is 2.12. The van der Waals surface area contributed by atoms with Gasteiger partial charge < -0.3 is 5.11 Å². The normalized spacial score (nSPS) is 11.7. The first-order valence-electron chi connectivity index (χ1n) is 4.68. The Morgan fingerprint density at radius 1 is 1.40 bits per heavy atom. The molecule has 1 aromatic carbocycles. The minimum Gasteiger partial charge on any atom is -0.388 e. The molecular formula is C12H12Cl2O. The summed E-state index contributed by atoms with van der Waals surface area (Å²) >= 11 is 11.8. The topological polar surface area (TPSA) is 20.2 Å². The molecule has 0 aliphatic carbocycles. The van der Waals surface area contributed by atoms with Crippen molar-refractivity contribution >= 4 is 23.2 Å². The summed E-state index contributed by atoms with van der Waals surface area (Å²) in [5.41, 5.74) is 0.669. The Hall–Kier alpha value is -0.680. The van der Waals surface area contributed by atoms with Gasteiger partial charge in [-0.25, -0.2) is 0 Å². The molecule has 0 fully saturated rings. The molecule has 1 atom stereocenters. The number of aliphatic hydroxyl groups is 1. The minimum absolute atomic E-state index is 0.427. The van der Waals surface area contributed by atoms with Gasteiger partial charge in [-0.05, 0) is 19.4 Å². The molecule has 1 aromatic rings. The van der Waals surface area contributed by atoms with Gasteiger partial charge in [-0.1, -0.05) is 35.3 Å². The lowest BCUT2D eigenvalue weighted by atomic mass is 10.1. The van der Waals surface area contributed by atoms with Crippen LogP contribution in [0, 0.1) is 11.8 Å². The molecule has 1 nitrogen and oxygen atoms in total. The summed E-state index contributed by atoms with van der Waals surface area (Å²) in [4.78, 5) is 0. The lowest BCUT2D eigenvalue weighted by Gasteiger charge is -2.11. The van der Waals surface area contributed by atoms with Crippen molar-refractivity contribution in [2.24, 2.45) is 0 Å². The second kappa shape index (κ2) is 6.02. The second-order valence-corrected chi connectivity index (χ2v) is 3.91. The summed E-state index contributed by atoms with van der Waals surface area (Å²) in [5.74, 6) is 5.68. The first kappa shape index (κ1) is 12.4. The minimum atomic E-state index is -0.600. The molecule has 80 valence electrons. The Morgan fingerprint density at radius 2 is 2.13 bits per heavy atom. The molecule has 0 aromatic heterocycles. The maximum Gasteiger partial charge on any atom is 0.0814 e. The van der Waals surface area contributed by atoms with Crippen LogP contribution in [0.25, 0.3) is 0 Å². The highest BCUT2D eigenvalue weighted by Crippen LogP contribution is 2.31. The first-order valence-corrected chi connectivity index (χ1v) is 5.44. The molecule has 0 radical (unpaired) electrons. The fourth-order valence-corrected chi connectivity index (χ4v) is 1.70. The monoisotopic (exact) mass is 242 g/mol. The van der Waals surface area contributed by atoms with Crippen molar-refractivity contribution in [3.05, 3.63) is 33.8 Å². The maximum atomic E-state index is 9.84. The van der Waals surface area contributed by atoms with E-state index in [9.17, 15) is 5.11 Å². The van der Waals surface area contributed by atoms with E-state index in [0.717, 1.165) is 0 Å². The molecule has 0 spiro atoms. The zero-order valence-corrected chi connectivity index (χ0v) is 9.94. The van der Waals surface area contributed by atoms with Gasteiger partial charge in [0.2, 0.25) is 0 Å². The third-order valence-corrected chi connectivity index (χ3v) is 2.89. The average Bonchev–Trinajstić information content (AvgIpc) is 2.22. The molecule has 0 bridgehead atoms. The molecule has 1 N–H and O–H groups in total. The van der Waals surface area contributed by atoms with Crippen LogP contribution in [0.1, 0.15) is 31.4 Å². The lowest BCUT2D eigenvalue weighted by molar-refractivity contribution is 0.169. The summed E-state index contributed by atoms with van der Waals surface area (Å²) in [6.45, 7) is 1.78. The fraction of sp³-hybridized carbons (Fsp3) is 0.333. The average molecular weight is 243 g/mol. The molecule has 1 rings (SSSR count). The van der Waals surface area contributed by atoms with Crippen LogP contribution in [0.3, 0.4) is 0 Å². The summed E-state index contributed by atoms with van der Waals surface area (Å²) in [6.07, 6.45) is 0.624. The highest BCUT2D eigenvalue weighted by atomic mass is 35.5. The second-order valence-electron chi connectivity index (χ2n) is 3.12. The number of halogens is 2. The van der Waals surface area contributed by atoms with Crippen LogP contribution in [-0.2, 0) is 0 Å². The number of hydrogen-bond donors (Lipinski definition) is 1. The van der Waals surface area contributed by atoms with Crippen LogP contribution in [-0.4, -0.2) is 5.11 Å². The number of benzene rings is 1. The molecule has 0 saturated heterocycles. The quantitative estimate of drug-likeness (QED) is 0.800. The van der Waals surface area contributed by atoms with Gasteiger partial charge in [0.25, 0.3) is 0 Å². The number of rotatable bonds is 3. The van der Waals surface area contributed by atoms with Crippen LogP contribution < -0.4 is 0 Å². The van der Waals surface area contributed by atoms with Gasteiger partial charge in [0.15, 0.2) is 0 Å². The predicted octanol–water partition coefficient (Wildman–Crippen LogP) is 3.83. The van der Waals surface area contributed by atoms with E-state index in [1.165, 1.54) is 0 Å². The van der Waals surface area contributed by atoms with E-state index in [4.69, 9.17) is 23.2 Å². The predicted molar refractivity (Wildman–Crippen MR) is 64.1 cm³/mol. The van der Waals surface area contributed by atoms with Crippen molar-refractivity contribution in [1.29, 1.82) is 0 Å². The highest BCUT2D eigenvalue weighted by molar-refractivity contribution is 6.42. The van der Waals surface area contributed by atoms with Crippen LogP contribution in [0.2, 0.25) is 10.0 Å². The van der Waals surface area contributed by atoms with E-state index in [0.29, 0.717) is 28.5 Å². The van der Waals surface area contributed by atoms with Gasteiger partial charge in [0.05, 0.1) is 16.1 Å². The smallest absolute Gasteiger partial charge is 0.0814 e. The molecule has 0 aliphatic rings.